The molecule has 0 amide bonds. The summed E-state index contributed by atoms with van der Waals surface area (Å²) >= 11 is 0. The van der Waals surface area contributed by atoms with Gasteiger partial charge in [-0.1, -0.05) is 37.3 Å². The second-order valence-corrected chi connectivity index (χ2v) is 4.03. The van der Waals surface area contributed by atoms with Crippen LogP contribution in [0.3, 0.4) is 0 Å². The molecule has 13 heavy (non-hydrogen) atoms. The summed E-state index contributed by atoms with van der Waals surface area (Å²) in [5.74, 6) is 1.43. The molecule has 0 bridgehead atoms. The van der Waals surface area contributed by atoms with E-state index in [-0.39, 0.29) is 0 Å². The maximum Gasteiger partial charge on any atom is -0.0230 e. The lowest BCUT2D eigenvalue weighted by atomic mass is 9.92. The normalized spacial score (nSPS) is 18.2. The summed E-state index contributed by atoms with van der Waals surface area (Å²) in [5.41, 5.74) is 3.09. The predicted molar refractivity (Wildman–Crippen MR) is 56.7 cm³/mol. The lowest BCUT2D eigenvalue weighted by molar-refractivity contribution is 0.444. The fourth-order valence-electron chi connectivity index (χ4n) is 2.16. The molecule has 0 aliphatic heterocycles. The lowest BCUT2D eigenvalue weighted by Gasteiger charge is -2.13. The number of hydrogen-bond acceptors (Lipinski definition) is 0. The Kier molecular flexibility index (Phi) is 2.22. The van der Waals surface area contributed by atoms with Crippen molar-refractivity contribution in [3.63, 3.8) is 0 Å². The van der Waals surface area contributed by atoms with Crippen LogP contribution in [0.25, 0.3) is 0 Å². The molecule has 1 aromatic rings. The van der Waals surface area contributed by atoms with E-state index >= 15 is 0 Å². The molecule has 0 heterocycles. The highest BCUT2D eigenvalue weighted by molar-refractivity contribution is 5.32. The van der Waals surface area contributed by atoms with Gasteiger partial charge in [-0.05, 0) is 35.8 Å². The first kappa shape index (κ1) is 8.55. The Balaban J connectivity index is 2.18. The average molecular weight is 172 g/mol. The number of fused-ring (bicyclic) bond motifs is 1. The molecule has 2 rings (SSSR count). The van der Waals surface area contributed by atoms with Crippen LogP contribution in [-0.2, 0) is 12.8 Å². The van der Waals surface area contributed by atoms with Gasteiger partial charge in [0.25, 0.3) is 0 Å². The van der Waals surface area contributed by atoms with E-state index in [1.807, 2.05) is 0 Å². The van der Waals surface area contributed by atoms with E-state index in [9.17, 15) is 0 Å². The van der Waals surface area contributed by atoms with Crippen molar-refractivity contribution < 1.29 is 0 Å². The molecule has 0 saturated heterocycles. The van der Waals surface area contributed by atoms with E-state index in [4.69, 9.17) is 0 Å². The van der Waals surface area contributed by atoms with E-state index < -0.39 is 0 Å². The Hall–Kier alpha value is -1.04. The Morgan fingerprint density at radius 2 is 1.85 bits per heavy atom. The van der Waals surface area contributed by atoms with Gasteiger partial charge in [0.1, 0.15) is 0 Å². The molecule has 0 heteroatoms. The van der Waals surface area contributed by atoms with Crippen molar-refractivity contribution in [2.45, 2.75) is 19.8 Å². The first-order valence-electron chi connectivity index (χ1n) is 5.00. The second kappa shape index (κ2) is 3.37. The molecule has 0 radical (unpaired) electrons. The smallest absolute Gasteiger partial charge is 0.0230 e. The molecular formula is C13H16. The van der Waals surface area contributed by atoms with Crippen LogP contribution in [0.2, 0.25) is 0 Å². The summed E-state index contributed by atoms with van der Waals surface area (Å²) in [6.07, 6.45) is 4.56. The van der Waals surface area contributed by atoms with Crippen LogP contribution in [0.15, 0.2) is 36.9 Å². The van der Waals surface area contributed by atoms with Crippen LogP contribution in [0, 0.1) is 11.8 Å². The Morgan fingerprint density at radius 1 is 1.31 bits per heavy atom. The monoisotopic (exact) mass is 172 g/mol. The van der Waals surface area contributed by atoms with Crippen LogP contribution in [0.5, 0.6) is 0 Å². The van der Waals surface area contributed by atoms with Crippen molar-refractivity contribution in [3.8, 4) is 0 Å². The van der Waals surface area contributed by atoms with Crippen molar-refractivity contribution in [3.05, 3.63) is 48.0 Å². The van der Waals surface area contributed by atoms with Gasteiger partial charge in [-0.15, -0.1) is 6.58 Å². The number of hydrogen-bond donors (Lipinski definition) is 0. The molecule has 1 atom stereocenters. The second-order valence-electron chi connectivity index (χ2n) is 4.03. The molecule has 1 aromatic carbocycles. The van der Waals surface area contributed by atoms with E-state index in [0.29, 0.717) is 5.92 Å². The summed E-state index contributed by atoms with van der Waals surface area (Å²) in [5, 5.41) is 0. The third kappa shape index (κ3) is 1.53. The van der Waals surface area contributed by atoms with Crippen LogP contribution in [0.1, 0.15) is 18.1 Å². The minimum absolute atomic E-state index is 0.646. The highest BCUT2D eigenvalue weighted by Gasteiger charge is 2.23. The lowest BCUT2D eigenvalue weighted by Crippen LogP contribution is -2.08. The fraction of sp³-hybridized carbons (Fsp3) is 0.385. The molecular weight excluding hydrogens is 156 g/mol. The number of allylic oxidation sites excluding steroid dienone is 1. The quantitative estimate of drug-likeness (QED) is 0.601. The van der Waals surface area contributed by atoms with Crippen molar-refractivity contribution in [2.24, 2.45) is 11.8 Å². The van der Waals surface area contributed by atoms with Gasteiger partial charge in [0, 0.05) is 0 Å². The number of rotatable bonds is 2. The molecule has 0 saturated carbocycles. The molecule has 0 fully saturated rings. The maximum absolute atomic E-state index is 3.87. The summed E-state index contributed by atoms with van der Waals surface area (Å²) in [6, 6.07) is 8.79. The van der Waals surface area contributed by atoms with Crippen molar-refractivity contribution in [1.29, 1.82) is 0 Å². The third-order valence-corrected chi connectivity index (χ3v) is 3.20. The molecule has 0 spiro atoms. The standard InChI is InChI=1S/C13H16/c1-3-10(2)13-8-11-6-4-5-7-12(11)9-13/h3-7,10,13H,1,8-9H2,2H3. The molecule has 1 aliphatic carbocycles. The third-order valence-electron chi connectivity index (χ3n) is 3.20. The van der Waals surface area contributed by atoms with Gasteiger partial charge in [-0.25, -0.2) is 0 Å². The first-order valence-corrected chi connectivity index (χ1v) is 5.00. The van der Waals surface area contributed by atoms with Gasteiger partial charge >= 0.3 is 0 Å². The van der Waals surface area contributed by atoms with Crippen LogP contribution < -0.4 is 0 Å². The first-order chi connectivity index (χ1) is 6.31. The van der Waals surface area contributed by atoms with Gasteiger partial charge in [0.15, 0.2) is 0 Å². The molecule has 1 aliphatic rings. The zero-order chi connectivity index (χ0) is 9.26. The van der Waals surface area contributed by atoms with Gasteiger partial charge in [-0.3, -0.25) is 0 Å². The molecule has 0 N–H and O–H groups in total. The zero-order valence-electron chi connectivity index (χ0n) is 8.16. The Morgan fingerprint density at radius 3 is 2.31 bits per heavy atom. The maximum atomic E-state index is 3.87. The predicted octanol–water partition coefficient (Wildman–Crippen LogP) is 3.22. The Labute approximate surface area is 80.3 Å². The summed E-state index contributed by atoms with van der Waals surface area (Å²) in [7, 11) is 0. The van der Waals surface area contributed by atoms with Crippen LogP contribution in [-0.4, -0.2) is 0 Å². The van der Waals surface area contributed by atoms with E-state index in [1.165, 1.54) is 12.8 Å². The van der Waals surface area contributed by atoms with E-state index in [0.717, 1.165) is 5.92 Å². The van der Waals surface area contributed by atoms with Crippen LogP contribution >= 0.6 is 0 Å². The van der Waals surface area contributed by atoms with Gasteiger partial charge in [-0.2, -0.15) is 0 Å². The molecule has 1 unspecified atom stereocenters. The van der Waals surface area contributed by atoms with Gasteiger partial charge in [0.2, 0.25) is 0 Å². The van der Waals surface area contributed by atoms with Gasteiger partial charge < -0.3 is 0 Å². The summed E-state index contributed by atoms with van der Waals surface area (Å²) < 4.78 is 0. The van der Waals surface area contributed by atoms with Gasteiger partial charge in [0.05, 0.1) is 0 Å². The van der Waals surface area contributed by atoms with Crippen molar-refractivity contribution in [2.75, 3.05) is 0 Å². The molecule has 0 aromatic heterocycles. The van der Waals surface area contributed by atoms with Crippen LogP contribution in [0.4, 0.5) is 0 Å². The molecule has 68 valence electrons. The summed E-state index contributed by atoms with van der Waals surface area (Å²) in [6.45, 7) is 6.14. The highest BCUT2D eigenvalue weighted by atomic mass is 14.3. The minimum atomic E-state index is 0.646. The van der Waals surface area contributed by atoms with Crippen molar-refractivity contribution in [1.82, 2.24) is 0 Å². The Bertz CT molecular complexity index is 287. The largest absolute Gasteiger partial charge is 0.103 e. The minimum Gasteiger partial charge on any atom is -0.103 e. The average Bonchev–Trinajstić information content (AvgIpc) is 2.59. The summed E-state index contributed by atoms with van der Waals surface area (Å²) in [4.78, 5) is 0. The fourth-order valence-corrected chi connectivity index (χ4v) is 2.16. The van der Waals surface area contributed by atoms with E-state index in [2.05, 4.69) is 43.8 Å². The highest BCUT2D eigenvalue weighted by Crippen LogP contribution is 2.31. The molecule has 0 nitrogen and oxygen atoms in total. The van der Waals surface area contributed by atoms with Crippen molar-refractivity contribution >= 4 is 0 Å². The number of benzene rings is 1. The topological polar surface area (TPSA) is 0 Å². The SMILES string of the molecule is C=CC(C)C1Cc2ccccc2C1. The zero-order valence-corrected chi connectivity index (χ0v) is 8.16. The van der Waals surface area contributed by atoms with E-state index in [1.54, 1.807) is 11.1 Å².